The van der Waals surface area contributed by atoms with Gasteiger partial charge in [0.2, 0.25) is 0 Å². The molecule has 0 aliphatic carbocycles. The Bertz CT molecular complexity index is 524. The molecule has 0 amide bonds. The molecule has 19 heavy (non-hydrogen) atoms. The van der Waals surface area contributed by atoms with Crippen LogP contribution in [0.15, 0.2) is 40.2 Å². The molecule has 1 aromatic carbocycles. The number of halogens is 1. The molecule has 0 aliphatic heterocycles. The molecule has 2 rings (SSSR count). The lowest BCUT2D eigenvalue weighted by Crippen LogP contribution is -2.20. The van der Waals surface area contributed by atoms with E-state index >= 15 is 0 Å². The topological polar surface area (TPSA) is 15.3 Å². The third kappa shape index (κ3) is 4.06. The lowest BCUT2D eigenvalue weighted by molar-refractivity contribution is 0.723. The Balaban J connectivity index is 2.11. The van der Waals surface area contributed by atoms with E-state index in [-0.39, 0.29) is 0 Å². The summed E-state index contributed by atoms with van der Waals surface area (Å²) in [6.07, 6.45) is 0. The molecule has 0 unspecified atom stereocenters. The van der Waals surface area contributed by atoms with E-state index in [1.165, 1.54) is 20.6 Å². The maximum absolute atomic E-state index is 3.51. The molecular weight excluding hydrogens is 320 g/mol. The molecule has 102 valence electrons. The van der Waals surface area contributed by atoms with Crippen molar-refractivity contribution in [2.24, 2.45) is 0 Å². The van der Waals surface area contributed by atoms with Crippen LogP contribution in [0, 0.1) is 0 Å². The molecule has 2 aromatic rings. The zero-order chi connectivity index (χ0) is 13.7. The molecule has 0 fully saturated rings. The summed E-state index contributed by atoms with van der Waals surface area (Å²) >= 11 is 5.30. The largest absolute Gasteiger partial charge is 0.369 e. The highest BCUT2D eigenvalue weighted by Crippen LogP contribution is 2.25. The van der Waals surface area contributed by atoms with Gasteiger partial charge < -0.3 is 10.2 Å². The van der Waals surface area contributed by atoms with E-state index in [1.54, 1.807) is 11.3 Å². The number of rotatable bonds is 6. The fourth-order valence-corrected chi connectivity index (χ4v) is 3.55. The van der Waals surface area contributed by atoms with E-state index in [0.717, 1.165) is 19.6 Å². The van der Waals surface area contributed by atoms with Crippen LogP contribution in [0.1, 0.15) is 17.4 Å². The van der Waals surface area contributed by atoms with Crippen LogP contribution in [0.2, 0.25) is 0 Å². The summed E-state index contributed by atoms with van der Waals surface area (Å²) in [6, 6.07) is 10.8. The Hall–Kier alpha value is -0.840. The predicted octanol–water partition coefficient (Wildman–Crippen LogP) is 4.26. The number of hydrogen-bond acceptors (Lipinski definition) is 3. The van der Waals surface area contributed by atoms with Gasteiger partial charge in [-0.1, -0.05) is 25.1 Å². The first-order valence-electron chi connectivity index (χ1n) is 6.43. The van der Waals surface area contributed by atoms with Crippen molar-refractivity contribution in [3.63, 3.8) is 0 Å². The van der Waals surface area contributed by atoms with Crippen LogP contribution in [0.4, 0.5) is 5.69 Å². The first kappa shape index (κ1) is 14.6. The number of nitrogens with zero attached hydrogens (tertiary/aromatic N) is 1. The number of hydrogen-bond donors (Lipinski definition) is 1. The molecule has 1 N–H and O–H groups in total. The van der Waals surface area contributed by atoms with E-state index in [2.05, 4.69) is 75.8 Å². The van der Waals surface area contributed by atoms with Crippen LogP contribution in [-0.4, -0.2) is 13.6 Å². The smallest absolute Gasteiger partial charge is 0.0520 e. The van der Waals surface area contributed by atoms with Crippen LogP contribution >= 0.6 is 27.3 Å². The van der Waals surface area contributed by atoms with Crippen LogP contribution in [-0.2, 0) is 13.1 Å². The van der Waals surface area contributed by atoms with Gasteiger partial charge in [0, 0.05) is 34.0 Å². The minimum Gasteiger partial charge on any atom is -0.369 e. The van der Waals surface area contributed by atoms with Gasteiger partial charge in [0.25, 0.3) is 0 Å². The van der Waals surface area contributed by atoms with Crippen molar-refractivity contribution in [3.8, 4) is 0 Å². The first-order chi connectivity index (χ1) is 9.20. The van der Waals surface area contributed by atoms with Gasteiger partial charge in [-0.05, 0) is 40.2 Å². The van der Waals surface area contributed by atoms with Crippen molar-refractivity contribution in [1.82, 2.24) is 5.32 Å². The number of benzene rings is 1. The van der Waals surface area contributed by atoms with Gasteiger partial charge in [-0.25, -0.2) is 0 Å². The van der Waals surface area contributed by atoms with Crippen molar-refractivity contribution in [2.75, 3.05) is 18.5 Å². The molecule has 0 atom stereocenters. The third-order valence-corrected chi connectivity index (χ3v) is 4.67. The van der Waals surface area contributed by atoms with Crippen molar-refractivity contribution in [2.45, 2.75) is 20.0 Å². The summed E-state index contributed by atoms with van der Waals surface area (Å²) in [4.78, 5) is 3.68. The van der Waals surface area contributed by atoms with Gasteiger partial charge in [0.1, 0.15) is 0 Å². The second-order valence-electron chi connectivity index (χ2n) is 4.50. The maximum Gasteiger partial charge on any atom is 0.0520 e. The van der Waals surface area contributed by atoms with E-state index < -0.39 is 0 Å². The van der Waals surface area contributed by atoms with E-state index in [9.17, 15) is 0 Å². The minimum atomic E-state index is 0.922. The van der Waals surface area contributed by atoms with Crippen molar-refractivity contribution in [1.29, 1.82) is 0 Å². The average molecular weight is 339 g/mol. The number of thiophene rings is 1. The Labute approximate surface area is 127 Å². The van der Waals surface area contributed by atoms with Gasteiger partial charge in [-0.2, -0.15) is 0 Å². The van der Waals surface area contributed by atoms with Gasteiger partial charge in [-0.3, -0.25) is 0 Å². The Morgan fingerprint density at radius 1 is 1.32 bits per heavy atom. The van der Waals surface area contributed by atoms with E-state index in [1.807, 2.05) is 0 Å². The van der Waals surface area contributed by atoms with Gasteiger partial charge in [0.05, 0.1) is 6.54 Å². The summed E-state index contributed by atoms with van der Waals surface area (Å²) in [5, 5.41) is 5.53. The quantitative estimate of drug-likeness (QED) is 0.846. The fourth-order valence-electron chi connectivity index (χ4n) is 2.05. The summed E-state index contributed by atoms with van der Waals surface area (Å²) in [5.41, 5.74) is 2.65. The van der Waals surface area contributed by atoms with Gasteiger partial charge in [0.15, 0.2) is 0 Å². The Morgan fingerprint density at radius 3 is 2.79 bits per heavy atom. The zero-order valence-electron chi connectivity index (χ0n) is 11.3. The lowest BCUT2D eigenvalue weighted by Gasteiger charge is -2.22. The molecule has 2 nitrogen and oxygen atoms in total. The molecule has 4 heteroatoms. The van der Waals surface area contributed by atoms with Crippen LogP contribution in [0.5, 0.6) is 0 Å². The highest BCUT2D eigenvalue weighted by Gasteiger charge is 2.08. The standard InChI is InChI=1S/C15H19BrN2S/c1-3-17-9-12-6-4-5-7-15(12)18(2)10-14-8-13(16)11-19-14/h4-8,11,17H,3,9-10H2,1-2H3. The first-order valence-corrected chi connectivity index (χ1v) is 8.10. The number of para-hydroxylation sites is 1. The van der Waals surface area contributed by atoms with Gasteiger partial charge in [-0.15, -0.1) is 11.3 Å². The molecule has 1 heterocycles. The second-order valence-corrected chi connectivity index (χ2v) is 6.41. The fraction of sp³-hybridized carbons (Fsp3) is 0.333. The molecule has 0 aliphatic rings. The maximum atomic E-state index is 3.51. The SMILES string of the molecule is CCNCc1ccccc1N(C)Cc1cc(Br)cs1. The number of nitrogens with one attached hydrogen (secondary N) is 1. The molecular formula is C15H19BrN2S. The summed E-state index contributed by atoms with van der Waals surface area (Å²) < 4.78 is 1.17. The van der Waals surface area contributed by atoms with E-state index in [4.69, 9.17) is 0 Å². The van der Waals surface area contributed by atoms with Crippen LogP contribution in [0.25, 0.3) is 0 Å². The Morgan fingerprint density at radius 2 is 2.11 bits per heavy atom. The molecule has 0 bridgehead atoms. The molecule has 0 saturated heterocycles. The predicted molar refractivity (Wildman–Crippen MR) is 87.9 cm³/mol. The number of anilines is 1. The zero-order valence-corrected chi connectivity index (χ0v) is 13.7. The van der Waals surface area contributed by atoms with Crippen LogP contribution < -0.4 is 10.2 Å². The van der Waals surface area contributed by atoms with Gasteiger partial charge >= 0.3 is 0 Å². The van der Waals surface area contributed by atoms with Crippen LogP contribution in [0.3, 0.4) is 0 Å². The third-order valence-electron chi connectivity index (χ3n) is 2.98. The van der Waals surface area contributed by atoms with Crippen molar-refractivity contribution >= 4 is 33.0 Å². The lowest BCUT2D eigenvalue weighted by atomic mass is 10.1. The minimum absolute atomic E-state index is 0.922. The summed E-state index contributed by atoms with van der Waals surface area (Å²) in [5.74, 6) is 0. The summed E-state index contributed by atoms with van der Waals surface area (Å²) in [7, 11) is 2.15. The average Bonchev–Trinajstić information content (AvgIpc) is 2.82. The molecule has 0 radical (unpaired) electrons. The molecule has 1 aromatic heterocycles. The normalized spacial score (nSPS) is 10.7. The van der Waals surface area contributed by atoms with Crippen molar-refractivity contribution in [3.05, 3.63) is 50.6 Å². The Kier molecular flexibility index (Phi) is 5.43. The monoisotopic (exact) mass is 338 g/mol. The highest BCUT2D eigenvalue weighted by molar-refractivity contribution is 9.10. The second kappa shape index (κ2) is 7.08. The highest BCUT2D eigenvalue weighted by atomic mass is 79.9. The molecule has 0 spiro atoms. The summed E-state index contributed by atoms with van der Waals surface area (Å²) in [6.45, 7) is 5.00. The van der Waals surface area contributed by atoms with E-state index in [0.29, 0.717) is 0 Å². The van der Waals surface area contributed by atoms with Crippen molar-refractivity contribution < 1.29 is 0 Å². The molecule has 0 saturated carbocycles.